The number of nitrogens with two attached hydrogens (primary N) is 1. The Kier molecular flexibility index (Phi) is 6.92. The van der Waals surface area contributed by atoms with Crippen LogP contribution in [0.1, 0.15) is 12.8 Å². The first-order valence-electron chi connectivity index (χ1n) is 8.83. The van der Waals surface area contributed by atoms with E-state index in [1.807, 2.05) is 0 Å². The molecule has 1 fully saturated rings. The summed E-state index contributed by atoms with van der Waals surface area (Å²) in [6, 6.07) is 0. The van der Waals surface area contributed by atoms with Crippen molar-refractivity contribution in [1.82, 2.24) is 19.5 Å². The molecule has 4 atom stereocenters. The Hall–Kier alpha value is -1.56. The number of ether oxygens (including phenoxy) is 1. The van der Waals surface area contributed by atoms with Gasteiger partial charge in [-0.25, -0.2) is 0 Å². The molecule has 0 radical (unpaired) electrons. The van der Waals surface area contributed by atoms with Gasteiger partial charge in [0, 0.05) is 0 Å². The van der Waals surface area contributed by atoms with Crippen molar-refractivity contribution < 1.29 is 27.5 Å². The molecule has 5 N–H and O–H groups in total. The number of hydrogen-bond donors (Lipinski definition) is 4. The van der Waals surface area contributed by atoms with Crippen molar-refractivity contribution >= 4 is 43.3 Å². The van der Waals surface area contributed by atoms with Crippen LogP contribution < -0.4 is 5.73 Å². The molecule has 1 aliphatic heterocycles. The fourth-order valence-corrected chi connectivity index (χ4v) is 4.52. The van der Waals surface area contributed by atoms with E-state index in [-0.39, 0.29) is 11.0 Å². The number of hydrogen-bond acceptors (Lipinski definition) is 11. The van der Waals surface area contributed by atoms with Gasteiger partial charge in [-0.15, -0.1) is 0 Å². The molecule has 1 aliphatic rings. The van der Waals surface area contributed by atoms with Crippen LogP contribution in [-0.4, -0.2) is 80.5 Å². The SMILES string of the molecule is CSc1nc(N)c2ncn([C@]3(C=CCCC[As](=O)=O)O[C@H](CO)[C@@H](O)[C@H]3O)c2n1. The Morgan fingerprint density at radius 1 is 1.41 bits per heavy atom. The average molecular weight is 487 g/mol. The van der Waals surface area contributed by atoms with Gasteiger partial charge >= 0.3 is 175 Å². The number of imidazole rings is 1. The topological polar surface area (TPSA) is 174 Å². The van der Waals surface area contributed by atoms with Crippen molar-refractivity contribution in [3.8, 4) is 0 Å². The summed E-state index contributed by atoms with van der Waals surface area (Å²) in [6.45, 7) is -0.506. The minimum absolute atomic E-state index is 0.116. The second kappa shape index (κ2) is 9.07. The number of allylic oxidation sites excluding steroid dienone is 1. The van der Waals surface area contributed by atoms with Crippen LogP contribution in [0.15, 0.2) is 23.6 Å². The quantitative estimate of drug-likeness (QED) is 0.125. The van der Waals surface area contributed by atoms with E-state index in [0.717, 1.165) is 0 Å². The molecule has 158 valence electrons. The number of unbranched alkanes of at least 4 members (excludes halogenated alkanes) is 1. The molecule has 0 bridgehead atoms. The van der Waals surface area contributed by atoms with Crippen LogP contribution in [0.3, 0.4) is 0 Å². The van der Waals surface area contributed by atoms with Crippen LogP contribution in [0, 0.1) is 0 Å². The molecule has 3 rings (SSSR count). The minimum atomic E-state index is -3.19. The summed E-state index contributed by atoms with van der Waals surface area (Å²) in [7, 11) is 0. The van der Waals surface area contributed by atoms with Gasteiger partial charge in [0.2, 0.25) is 0 Å². The average Bonchev–Trinajstić information content (AvgIpc) is 3.23. The van der Waals surface area contributed by atoms with Crippen molar-refractivity contribution in [2.45, 2.75) is 47.2 Å². The molecule has 3 heterocycles. The van der Waals surface area contributed by atoms with Gasteiger partial charge in [0.15, 0.2) is 0 Å². The van der Waals surface area contributed by atoms with E-state index >= 15 is 0 Å². The number of anilines is 1. The molecular weight excluding hydrogens is 465 g/mol. The first-order valence-corrected chi connectivity index (χ1v) is 12.9. The first kappa shape index (κ1) is 22.1. The fraction of sp³-hybridized carbons (Fsp3) is 0.562. The zero-order chi connectivity index (χ0) is 21.2. The van der Waals surface area contributed by atoms with Crippen LogP contribution in [0.4, 0.5) is 5.82 Å². The summed E-state index contributed by atoms with van der Waals surface area (Å²) in [4.78, 5) is 12.8. The Labute approximate surface area is 174 Å². The van der Waals surface area contributed by atoms with Crippen molar-refractivity contribution in [2.24, 2.45) is 0 Å². The molecule has 0 saturated carbocycles. The fourth-order valence-electron chi connectivity index (χ4n) is 3.23. The molecule has 2 aromatic heterocycles. The summed E-state index contributed by atoms with van der Waals surface area (Å²) < 4.78 is 28.9. The number of thioether (sulfide) groups is 1. The van der Waals surface area contributed by atoms with Crippen LogP contribution in [0.5, 0.6) is 0 Å². The monoisotopic (exact) mass is 487 g/mol. The van der Waals surface area contributed by atoms with Gasteiger partial charge in [0.1, 0.15) is 0 Å². The van der Waals surface area contributed by atoms with Gasteiger partial charge in [-0.3, -0.25) is 0 Å². The Balaban J connectivity index is 2.08. The molecule has 0 amide bonds. The third-order valence-corrected chi connectivity index (χ3v) is 6.66. The zero-order valence-electron chi connectivity index (χ0n) is 15.6. The van der Waals surface area contributed by atoms with Gasteiger partial charge in [-0.1, -0.05) is 0 Å². The number of fused-ring (bicyclic) bond motifs is 1. The van der Waals surface area contributed by atoms with Gasteiger partial charge in [0.05, 0.1) is 0 Å². The van der Waals surface area contributed by atoms with Gasteiger partial charge < -0.3 is 0 Å². The van der Waals surface area contributed by atoms with Gasteiger partial charge in [0.25, 0.3) is 0 Å². The van der Waals surface area contributed by atoms with E-state index in [1.54, 1.807) is 12.3 Å². The summed E-state index contributed by atoms with van der Waals surface area (Å²) in [5.74, 6) is 0.158. The van der Waals surface area contributed by atoms with Gasteiger partial charge in [-0.05, 0) is 0 Å². The molecule has 13 heteroatoms. The molecule has 1 saturated heterocycles. The molecule has 0 spiro atoms. The third kappa shape index (κ3) is 4.18. The van der Waals surface area contributed by atoms with Crippen molar-refractivity contribution in [3.05, 3.63) is 18.5 Å². The summed E-state index contributed by atoms with van der Waals surface area (Å²) in [5.41, 5.74) is 4.96. The normalized spacial score (nSPS) is 27.2. The Bertz CT molecular complexity index is 974. The molecule has 2 aromatic rings. The van der Waals surface area contributed by atoms with Crippen LogP contribution in [-0.2, 0) is 17.9 Å². The number of aliphatic hydroxyl groups is 3. The molecule has 0 unspecified atom stereocenters. The number of nitrogen functional groups attached to an aromatic ring is 1. The van der Waals surface area contributed by atoms with Gasteiger partial charge in [-0.2, -0.15) is 0 Å². The number of aliphatic hydroxyl groups excluding tert-OH is 3. The number of nitrogens with zero attached hydrogens (tertiary/aromatic N) is 4. The Morgan fingerprint density at radius 2 is 2.17 bits per heavy atom. The molecule has 0 aliphatic carbocycles. The predicted molar refractivity (Wildman–Crippen MR) is 104 cm³/mol. The third-order valence-electron chi connectivity index (χ3n) is 4.68. The molecule has 0 aromatic carbocycles. The van der Waals surface area contributed by atoms with Crippen LogP contribution in [0.25, 0.3) is 11.2 Å². The number of rotatable bonds is 8. The first-order chi connectivity index (χ1) is 13.8. The number of aromatic nitrogens is 4. The van der Waals surface area contributed by atoms with E-state index in [2.05, 4.69) is 15.0 Å². The van der Waals surface area contributed by atoms with E-state index in [1.165, 1.54) is 28.7 Å². The second-order valence-corrected chi connectivity index (χ2v) is 9.62. The Morgan fingerprint density at radius 3 is 2.79 bits per heavy atom. The molecule has 29 heavy (non-hydrogen) atoms. The second-order valence-electron chi connectivity index (χ2n) is 6.51. The summed E-state index contributed by atoms with van der Waals surface area (Å²) >= 11 is -1.92. The standard InChI is InChI=1S/C16H22AsN5O6S/c1-29-15-20-13(18)10-14(21-15)22(8-19-10)16(5-3-2-4-6-17(26)27)12(25)11(24)9(7-23)28-16/h3,5,8-9,11-12,23-25H,2,4,6-7H2,1H3,(H2,18,20,21)/t9-,11-,12-,16-/m1/s1. The van der Waals surface area contributed by atoms with E-state index in [0.29, 0.717) is 29.2 Å². The van der Waals surface area contributed by atoms with Crippen LogP contribution in [0.2, 0.25) is 5.21 Å². The molecule has 11 nitrogen and oxygen atoms in total. The van der Waals surface area contributed by atoms with Crippen molar-refractivity contribution in [2.75, 3.05) is 18.6 Å². The van der Waals surface area contributed by atoms with E-state index in [9.17, 15) is 22.8 Å². The predicted octanol–water partition coefficient (Wildman–Crippen LogP) is -0.418. The maximum atomic E-state index is 10.8. The zero-order valence-corrected chi connectivity index (χ0v) is 18.3. The molecular formula is C16H22AsN5O6S. The van der Waals surface area contributed by atoms with E-state index < -0.39 is 45.2 Å². The van der Waals surface area contributed by atoms with Crippen molar-refractivity contribution in [3.63, 3.8) is 0 Å². The van der Waals surface area contributed by atoms with Crippen molar-refractivity contribution in [1.29, 1.82) is 0 Å². The summed E-state index contributed by atoms with van der Waals surface area (Å²) in [6.07, 6.45) is 3.37. The van der Waals surface area contributed by atoms with E-state index in [4.69, 9.17) is 10.5 Å². The van der Waals surface area contributed by atoms with Crippen LogP contribution >= 0.6 is 11.8 Å². The maximum absolute atomic E-state index is 10.8. The summed E-state index contributed by atoms with van der Waals surface area (Å²) in [5, 5.41) is 31.2.